The first kappa shape index (κ1) is 19.7. The Balaban J connectivity index is 2.54. The number of fused-ring (bicyclic) bond motifs is 1. The average molecular weight is 345 g/mol. The highest BCUT2D eigenvalue weighted by Gasteiger charge is 2.34. The standard InChI is InChI=1S/C21H33N3O/c1-6-9-11-24(12-10-7-2)20-17(14-22)16-13-21(4,5)25-15-18(16)19(8-3)23-20/h6-13,15H2,1-5H3/p+1. The molecule has 1 aliphatic rings. The molecule has 0 aliphatic carbocycles. The van der Waals surface area contributed by atoms with Gasteiger partial charge in [-0.25, -0.2) is 4.98 Å². The van der Waals surface area contributed by atoms with Gasteiger partial charge in [0.15, 0.2) is 0 Å². The van der Waals surface area contributed by atoms with E-state index in [4.69, 9.17) is 4.74 Å². The molecule has 0 radical (unpaired) electrons. The SMILES string of the molecule is CCCCN(CCCC)c1[nH+]c(CC)c2c(c1C#N)CC(C)(C)OC2. The Morgan fingerprint density at radius 3 is 2.28 bits per heavy atom. The molecule has 2 rings (SSSR count). The van der Waals surface area contributed by atoms with E-state index in [1.807, 2.05) is 0 Å². The van der Waals surface area contributed by atoms with E-state index < -0.39 is 0 Å². The monoisotopic (exact) mass is 344 g/mol. The highest BCUT2D eigenvalue weighted by atomic mass is 16.5. The zero-order chi connectivity index (χ0) is 18.4. The van der Waals surface area contributed by atoms with E-state index in [9.17, 15) is 5.26 Å². The van der Waals surface area contributed by atoms with Crippen LogP contribution in [0.5, 0.6) is 0 Å². The van der Waals surface area contributed by atoms with Crippen LogP contribution in [0, 0.1) is 11.3 Å². The Morgan fingerprint density at radius 2 is 1.76 bits per heavy atom. The Labute approximate surface area is 153 Å². The van der Waals surface area contributed by atoms with Crippen LogP contribution in [0.15, 0.2) is 0 Å². The third-order valence-corrected chi connectivity index (χ3v) is 5.09. The number of aryl methyl sites for hydroxylation is 1. The summed E-state index contributed by atoms with van der Waals surface area (Å²) in [6.45, 7) is 13.4. The van der Waals surface area contributed by atoms with Crippen LogP contribution < -0.4 is 9.88 Å². The number of aromatic amines is 1. The van der Waals surface area contributed by atoms with Crippen LogP contribution in [0.3, 0.4) is 0 Å². The first-order valence-electron chi connectivity index (χ1n) is 9.86. The van der Waals surface area contributed by atoms with Crippen molar-refractivity contribution in [3.05, 3.63) is 22.4 Å². The van der Waals surface area contributed by atoms with E-state index in [1.54, 1.807) is 0 Å². The smallest absolute Gasteiger partial charge is 0.293 e. The Kier molecular flexibility index (Phi) is 6.84. The second-order valence-electron chi connectivity index (χ2n) is 7.67. The number of hydrogen-bond donors (Lipinski definition) is 0. The molecule has 0 aromatic carbocycles. The van der Waals surface area contributed by atoms with Crippen LogP contribution >= 0.6 is 0 Å². The second-order valence-corrected chi connectivity index (χ2v) is 7.67. The van der Waals surface area contributed by atoms with Crippen molar-refractivity contribution in [2.24, 2.45) is 0 Å². The minimum atomic E-state index is -0.208. The van der Waals surface area contributed by atoms with Gasteiger partial charge in [-0.1, -0.05) is 33.6 Å². The van der Waals surface area contributed by atoms with Gasteiger partial charge in [-0.05, 0) is 32.3 Å². The summed E-state index contributed by atoms with van der Waals surface area (Å²) in [5.74, 6) is 1.03. The fraction of sp³-hybridized carbons (Fsp3) is 0.714. The Bertz CT molecular complexity index is 623. The third kappa shape index (κ3) is 4.52. The first-order valence-corrected chi connectivity index (χ1v) is 9.86. The van der Waals surface area contributed by atoms with Crippen molar-refractivity contribution in [2.45, 2.75) is 85.4 Å². The van der Waals surface area contributed by atoms with Gasteiger partial charge in [-0.2, -0.15) is 5.26 Å². The molecular weight excluding hydrogens is 310 g/mol. The molecule has 2 heterocycles. The predicted molar refractivity (Wildman–Crippen MR) is 102 cm³/mol. The molecule has 25 heavy (non-hydrogen) atoms. The summed E-state index contributed by atoms with van der Waals surface area (Å²) in [5.41, 5.74) is 4.24. The van der Waals surface area contributed by atoms with Gasteiger partial charge >= 0.3 is 0 Å². The van der Waals surface area contributed by atoms with E-state index >= 15 is 0 Å². The lowest BCUT2D eigenvalue weighted by Gasteiger charge is -2.33. The Hall–Kier alpha value is -1.60. The van der Waals surface area contributed by atoms with Crippen molar-refractivity contribution in [3.63, 3.8) is 0 Å². The van der Waals surface area contributed by atoms with Crippen molar-refractivity contribution < 1.29 is 9.72 Å². The summed E-state index contributed by atoms with van der Waals surface area (Å²) in [6.07, 6.45) is 6.36. The number of anilines is 1. The van der Waals surface area contributed by atoms with Crippen molar-refractivity contribution in [1.82, 2.24) is 0 Å². The minimum Gasteiger partial charge on any atom is -0.370 e. The van der Waals surface area contributed by atoms with Crippen LogP contribution in [-0.2, 0) is 24.2 Å². The molecule has 0 spiro atoms. The summed E-state index contributed by atoms with van der Waals surface area (Å²) in [7, 11) is 0. The van der Waals surface area contributed by atoms with Gasteiger partial charge in [0.2, 0.25) is 0 Å². The molecule has 1 aliphatic heterocycles. The normalized spacial score (nSPS) is 15.5. The molecule has 4 nitrogen and oxygen atoms in total. The van der Waals surface area contributed by atoms with Crippen molar-refractivity contribution in [1.29, 1.82) is 5.26 Å². The number of hydrogen-bond acceptors (Lipinski definition) is 3. The van der Waals surface area contributed by atoms with Crippen molar-refractivity contribution in [2.75, 3.05) is 18.0 Å². The molecule has 1 aromatic heterocycles. The van der Waals surface area contributed by atoms with E-state index in [2.05, 4.69) is 50.6 Å². The molecule has 4 heteroatoms. The van der Waals surface area contributed by atoms with E-state index in [-0.39, 0.29) is 5.60 Å². The number of H-pyrrole nitrogens is 1. The molecule has 0 saturated heterocycles. The maximum atomic E-state index is 9.97. The summed E-state index contributed by atoms with van der Waals surface area (Å²) >= 11 is 0. The quantitative estimate of drug-likeness (QED) is 0.710. The number of ether oxygens (including phenoxy) is 1. The Morgan fingerprint density at radius 1 is 1.12 bits per heavy atom. The number of nitriles is 1. The number of nitrogens with zero attached hydrogens (tertiary/aromatic N) is 2. The van der Waals surface area contributed by atoms with Crippen molar-refractivity contribution in [3.8, 4) is 6.07 Å². The largest absolute Gasteiger partial charge is 0.370 e. The average Bonchev–Trinajstić information content (AvgIpc) is 2.59. The van der Waals surface area contributed by atoms with Crippen LogP contribution in [-0.4, -0.2) is 18.7 Å². The maximum absolute atomic E-state index is 9.97. The third-order valence-electron chi connectivity index (χ3n) is 5.09. The summed E-state index contributed by atoms with van der Waals surface area (Å²) < 4.78 is 6.02. The minimum absolute atomic E-state index is 0.208. The molecule has 1 N–H and O–H groups in total. The van der Waals surface area contributed by atoms with Crippen LogP contribution in [0.1, 0.15) is 82.7 Å². The van der Waals surface area contributed by atoms with E-state index in [0.717, 1.165) is 63.0 Å². The van der Waals surface area contributed by atoms with Crippen molar-refractivity contribution >= 4 is 5.82 Å². The molecular formula is C21H34N3O+. The number of nitrogens with one attached hydrogen (secondary N) is 1. The highest BCUT2D eigenvalue weighted by Crippen LogP contribution is 2.34. The lowest BCUT2D eigenvalue weighted by molar-refractivity contribution is -0.378. The number of rotatable bonds is 8. The van der Waals surface area contributed by atoms with Crippen LogP contribution in [0.4, 0.5) is 5.82 Å². The van der Waals surface area contributed by atoms with Gasteiger partial charge in [0, 0.05) is 18.4 Å². The van der Waals surface area contributed by atoms with Gasteiger partial charge in [0.1, 0.15) is 17.3 Å². The van der Waals surface area contributed by atoms with E-state index in [0.29, 0.717) is 6.61 Å². The first-order chi connectivity index (χ1) is 12.0. The zero-order valence-electron chi connectivity index (χ0n) is 16.7. The molecule has 138 valence electrons. The molecule has 0 amide bonds. The maximum Gasteiger partial charge on any atom is 0.293 e. The van der Waals surface area contributed by atoms with Crippen LogP contribution in [0.2, 0.25) is 0 Å². The van der Waals surface area contributed by atoms with Gasteiger partial charge in [0.05, 0.1) is 25.3 Å². The number of unbranched alkanes of at least 4 members (excludes halogenated alkanes) is 2. The molecule has 0 unspecified atom stereocenters. The topological polar surface area (TPSA) is 50.4 Å². The molecule has 0 saturated carbocycles. The lowest BCUT2D eigenvalue weighted by atomic mass is 9.87. The van der Waals surface area contributed by atoms with Gasteiger partial charge in [0.25, 0.3) is 5.82 Å². The number of pyridine rings is 1. The molecule has 0 fully saturated rings. The molecule has 0 bridgehead atoms. The lowest BCUT2D eigenvalue weighted by Crippen LogP contribution is -2.39. The zero-order valence-corrected chi connectivity index (χ0v) is 16.7. The summed E-state index contributed by atoms with van der Waals surface area (Å²) in [5, 5.41) is 9.97. The van der Waals surface area contributed by atoms with Gasteiger partial charge < -0.3 is 4.74 Å². The summed E-state index contributed by atoms with van der Waals surface area (Å²) in [6, 6.07) is 2.52. The van der Waals surface area contributed by atoms with E-state index in [1.165, 1.54) is 16.8 Å². The molecule has 1 aromatic rings. The highest BCUT2D eigenvalue weighted by molar-refractivity contribution is 5.58. The fourth-order valence-electron chi connectivity index (χ4n) is 3.56. The predicted octanol–water partition coefficient (Wildman–Crippen LogP) is 4.19. The second kappa shape index (κ2) is 8.67. The van der Waals surface area contributed by atoms with Gasteiger partial charge in [-0.3, -0.25) is 4.90 Å². The number of aromatic nitrogens is 1. The van der Waals surface area contributed by atoms with Gasteiger partial charge in [-0.15, -0.1) is 0 Å². The fourth-order valence-corrected chi connectivity index (χ4v) is 3.56. The van der Waals surface area contributed by atoms with Crippen LogP contribution in [0.25, 0.3) is 0 Å². The summed E-state index contributed by atoms with van der Waals surface area (Å²) in [4.78, 5) is 6.01. The molecule has 0 atom stereocenters.